The minimum absolute atomic E-state index is 0.133. The quantitative estimate of drug-likeness (QED) is 0.193. The third-order valence-electron chi connectivity index (χ3n) is 4.38. The molecule has 1 N–H and O–H groups in total. The van der Waals surface area contributed by atoms with E-state index in [4.69, 9.17) is 23.2 Å². The molecule has 10 heteroatoms. The van der Waals surface area contributed by atoms with Gasteiger partial charge in [0.1, 0.15) is 0 Å². The van der Waals surface area contributed by atoms with E-state index in [1.807, 2.05) is 53.3 Å². The van der Waals surface area contributed by atoms with Crippen LogP contribution in [-0.4, -0.2) is 32.1 Å². The van der Waals surface area contributed by atoms with Crippen LogP contribution >= 0.6 is 46.3 Å². The number of amides is 1. The molecule has 0 saturated heterocycles. The topological polar surface area (TPSA) is 72.2 Å². The Morgan fingerprint density at radius 3 is 2.41 bits per heavy atom. The zero-order valence-electron chi connectivity index (χ0n) is 16.8. The van der Waals surface area contributed by atoms with Gasteiger partial charge >= 0.3 is 0 Å². The van der Waals surface area contributed by atoms with Crippen LogP contribution in [0.25, 0.3) is 17.1 Å². The first-order valence-corrected chi connectivity index (χ1v) is 12.1. The minimum atomic E-state index is -0.232. The Balaban J connectivity index is 1.55. The van der Waals surface area contributed by atoms with Gasteiger partial charge in [0.2, 0.25) is 0 Å². The van der Waals surface area contributed by atoms with Crippen LogP contribution in [0.15, 0.2) is 76.3 Å². The van der Waals surface area contributed by atoms with E-state index in [0.717, 1.165) is 21.8 Å². The van der Waals surface area contributed by atoms with Crippen molar-refractivity contribution in [3.05, 3.63) is 81.0 Å². The number of hydrogen-bond acceptors (Lipinski definition) is 6. The molecule has 0 unspecified atom stereocenters. The lowest BCUT2D eigenvalue weighted by Crippen LogP contribution is -2.21. The van der Waals surface area contributed by atoms with E-state index in [9.17, 15) is 4.79 Å². The van der Waals surface area contributed by atoms with Gasteiger partial charge in [0.15, 0.2) is 11.0 Å². The number of carbonyl (C=O) groups excluding carboxylic acids is 1. The molecule has 0 aliphatic heterocycles. The molecule has 1 amide bonds. The highest BCUT2D eigenvalue weighted by Crippen LogP contribution is 2.29. The normalized spacial score (nSPS) is 11.5. The smallest absolute Gasteiger partial charge is 0.250 e. The van der Waals surface area contributed by atoms with Crippen molar-refractivity contribution < 1.29 is 4.79 Å². The van der Waals surface area contributed by atoms with E-state index in [0.29, 0.717) is 21.0 Å². The molecule has 0 spiro atoms. The summed E-state index contributed by atoms with van der Waals surface area (Å²) in [6.45, 7) is 1.86. The fourth-order valence-electron chi connectivity index (χ4n) is 2.82. The summed E-state index contributed by atoms with van der Waals surface area (Å²) in [5.41, 5.74) is 5.04. The molecule has 162 valence electrons. The number of hydrogen-bond donors (Lipinski definition) is 1. The summed E-state index contributed by atoms with van der Waals surface area (Å²) >= 11 is 14.9. The Kier molecular flexibility index (Phi) is 7.26. The number of hydrazone groups is 1. The van der Waals surface area contributed by atoms with Crippen LogP contribution in [0.5, 0.6) is 0 Å². The second kappa shape index (κ2) is 10.3. The number of rotatable bonds is 7. The number of halogens is 2. The largest absolute Gasteiger partial charge is 0.272 e. The Labute approximate surface area is 203 Å². The van der Waals surface area contributed by atoms with Crippen LogP contribution in [0.3, 0.4) is 0 Å². The lowest BCUT2D eigenvalue weighted by Gasteiger charge is -2.10. The van der Waals surface area contributed by atoms with Crippen LogP contribution in [0.2, 0.25) is 10.0 Å². The average molecular weight is 502 g/mol. The molecular weight excluding hydrogens is 485 g/mol. The van der Waals surface area contributed by atoms with Crippen molar-refractivity contribution in [3.63, 3.8) is 0 Å². The van der Waals surface area contributed by atoms with Crippen LogP contribution in [0.1, 0.15) is 11.8 Å². The van der Waals surface area contributed by atoms with E-state index in [1.54, 1.807) is 35.6 Å². The minimum Gasteiger partial charge on any atom is -0.272 e. The predicted octanol–water partition coefficient (Wildman–Crippen LogP) is 5.94. The molecule has 2 heterocycles. The van der Waals surface area contributed by atoms with Gasteiger partial charge in [-0.05, 0) is 66.9 Å². The van der Waals surface area contributed by atoms with Crippen LogP contribution in [0, 0.1) is 0 Å². The molecule has 0 aliphatic carbocycles. The first-order chi connectivity index (χ1) is 15.5. The number of thiophene rings is 1. The Morgan fingerprint density at radius 2 is 1.75 bits per heavy atom. The number of nitrogens with zero attached hydrogens (tertiary/aromatic N) is 4. The molecule has 2 aromatic carbocycles. The first-order valence-electron chi connectivity index (χ1n) is 9.48. The maximum Gasteiger partial charge on any atom is 0.250 e. The third-order valence-corrected chi connectivity index (χ3v) is 6.79. The van der Waals surface area contributed by atoms with Gasteiger partial charge in [0, 0.05) is 26.2 Å². The lowest BCUT2D eigenvalue weighted by atomic mass is 10.2. The van der Waals surface area contributed by atoms with E-state index in [2.05, 4.69) is 20.7 Å². The molecule has 0 radical (unpaired) electrons. The molecular formula is C22H17Cl2N5OS2. The Morgan fingerprint density at radius 1 is 1.06 bits per heavy atom. The van der Waals surface area contributed by atoms with Crippen molar-refractivity contribution in [2.24, 2.45) is 5.10 Å². The van der Waals surface area contributed by atoms with E-state index < -0.39 is 0 Å². The molecule has 0 aliphatic rings. The number of nitrogens with one attached hydrogen (secondary N) is 1. The van der Waals surface area contributed by atoms with Gasteiger partial charge in [-0.25, -0.2) is 5.43 Å². The monoisotopic (exact) mass is 501 g/mol. The highest BCUT2D eigenvalue weighted by atomic mass is 35.5. The van der Waals surface area contributed by atoms with Gasteiger partial charge < -0.3 is 0 Å². The third kappa shape index (κ3) is 5.39. The van der Waals surface area contributed by atoms with Crippen molar-refractivity contribution in [1.82, 2.24) is 20.2 Å². The molecule has 4 aromatic rings. The standard InChI is InChI=1S/C22H17Cl2N5OS2/c1-14(19-3-2-12-31-19)25-26-20(30)13-32-22-28-27-21(15-4-6-16(23)7-5-15)29(22)18-10-8-17(24)9-11-18/h2-12H,13H2,1H3,(H,26,30)/b25-14-. The number of benzene rings is 2. The second-order valence-electron chi connectivity index (χ2n) is 6.62. The molecule has 0 bridgehead atoms. The van der Waals surface area contributed by atoms with Crippen LogP contribution in [0.4, 0.5) is 0 Å². The summed E-state index contributed by atoms with van der Waals surface area (Å²) in [4.78, 5) is 13.4. The summed E-state index contributed by atoms with van der Waals surface area (Å²) < 4.78 is 1.89. The first kappa shape index (κ1) is 22.5. The van der Waals surface area contributed by atoms with Gasteiger partial charge in [0.05, 0.1) is 11.5 Å². The zero-order chi connectivity index (χ0) is 22.5. The number of thioether (sulfide) groups is 1. The summed E-state index contributed by atoms with van der Waals surface area (Å²) in [5, 5.41) is 16.7. The summed E-state index contributed by atoms with van der Waals surface area (Å²) in [7, 11) is 0. The molecule has 0 saturated carbocycles. The van der Waals surface area contributed by atoms with Crippen molar-refractivity contribution in [1.29, 1.82) is 0 Å². The van der Waals surface area contributed by atoms with E-state index >= 15 is 0 Å². The molecule has 4 rings (SSSR count). The van der Waals surface area contributed by atoms with Gasteiger partial charge in [-0.15, -0.1) is 21.5 Å². The van der Waals surface area contributed by atoms with Gasteiger partial charge in [0.25, 0.3) is 5.91 Å². The van der Waals surface area contributed by atoms with E-state index in [1.165, 1.54) is 11.8 Å². The SMILES string of the molecule is C/C(=N/NC(=O)CSc1nnc(-c2ccc(Cl)cc2)n1-c1ccc(Cl)cc1)c1cccs1. The molecule has 32 heavy (non-hydrogen) atoms. The lowest BCUT2D eigenvalue weighted by molar-refractivity contribution is -0.118. The summed E-state index contributed by atoms with van der Waals surface area (Å²) in [6, 6.07) is 18.6. The van der Waals surface area contributed by atoms with Crippen LogP contribution < -0.4 is 5.43 Å². The molecule has 0 fully saturated rings. The highest BCUT2D eigenvalue weighted by molar-refractivity contribution is 7.99. The van der Waals surface area contributed by atoms with Crippen molar-refractivity contribution in [2.45, 2.75) is 12.1 Å². The molecule has 2 aromatic heterocycles. The highest BCUT2D eigenvalue weighted by Gasteiger charge is 2.17. The van der Waals surface area contributed by atoms with Gasteiger partial charge in [-0.2, -0.15) is 5.10 Å². The summed E-state index contributed by atoms with van der Waals surface area (Å²) in [6.07, 6.45) is 0. The Hall–Kier alpha value is -2.65. The molecule has 0 atom stereocenters. The maximum atomic E-state index is 12.4. The van der Waals surface area contributed by atoms with Gasteiger partial charge in [-0.3, -0.25) is 9.36 Å². The average Bonchev–Trinajstić information content (AvgIpc) is 3.48. The van der Waals surface area contributed by atoms with Gasteiger partial charge in [-0.1, -0.05) is 41.0 Å². The van der Waals surface area contributed by atoms with Crippen molar-refractivity contribution >= 4 is 57.9 Å². The molecule has 6 nitrogen and oxygen atoms in total. The second-order valence-corrected chi connectivity index (χ2v) is 9.39. The predicted molar refractivity (Wildman–Crippen MR) is 132 cm³/mol. The van der Waals surface area contributed by atoms with Crippen LogP contribution in [-0.2, 0) is 4.79 Å². The fraction of sp³-hybridized carbons (Fsp3) is 0.0909. The zero-order valence-corrected chi connectivity index (χ0v) is 20.0. The Bertz CT molecular complexity index is 1240. The van der Waals surface area contributed by atoms with E-state index in [-0.39, 0.29) is 11.7 Å². The maximum absolute atomic E-state index is 12.4. The number of carbonyl (C=O) groups is 1. The summed E-state index contributed by atoms with van der Waals surface area (Å²) in [5.74, 6) is 0.538. The van der Waals surface area contributed by atoms with Crippen molar-refractivity contribution in [2.75, 3.05) is 5.75 Å². The van der Waals surface area contributed by atoms with Crippen molar-refractivity contribution in [3.8, 4) is 17.1 Å². The fourth-order valence-corrected chi connectivity index (χ4v) is 4.49. The number of aromatic nitrogens is 3.